The summed E-state index contributed by atoms with van der Waals surface area (Å²) in [6.45, 7) is 11.4. The van der Waals surface area contributed by atoms with Crippen molar-refractivity contribution in [3.8, 4) is 11.3 Å². The van der Waals surface area contributed by atoms with E-state index in [0.717, 1.165) is 18.4 Å². The van der Waals surface area contributed by atoms with E-state index in [1.807, 2.05) is 6.20 Å². The molecular formula is C30H34N3+. The number of pyridine rings is 2. The largest absolute Gasteiger partial charge is 0.296 e. The van der Waals surface area contributed by atoms with Gasteiger partial charge in [-0.25, -0.2) is 4.57 Å². The molecule has 0 saturated carbocycles. The van der Waals surface area contributed by atoms with Gasteiger partial charge in [0, 0.05) is 17.1 Å². The Balaban J connectivity index is 1.98. The van der Waals surface area contributed by atoms with Crippen molar-refractivity contribution in [2.75, 3.05) is 0 Å². The second kappa shape index (κ2) is 8.30. The van der Waals surface area contributed by atoms with Gasteiger partial charge in [-0.15, -0.1) is 0 Å². The lowest BCUT2D eigenvalue weighted by atomic mass is 9.89. The molecule has 0 aliphatic heterocycles. The molecule has 0 aliphatic carbocycles. The minimum atomic E-state index is 0.599. The molecule has 5 rings (SSSR count). The lowest BCUT2D eigenvalue weighted by molar-refractivity contribution is -0.643. The minimum absolute atomic E-state index is 0.599. The Kier molecular flexibility index (Phi) is 5.44. The molecule has 0 amide bonds. The van der Waals surface area contributed by atoms with Gasteiger partial charge in [0.15, 0.2) is 5.69 Å². The van der Waals surface area contributed by atoms with Crippen LogP contribution in [0.5, 0.6) is 0 Å². The number of para-hydroxylation sites is 1. The van der Waals surface area contributed by atoms with E-state index in [1.165, 1.54) is 49.9 Å². The molecule has 0 unspecified atom stereocenters. The van der Waals surface area contributed by atoms with Gasteiger partial charge < -0.3 is 0 Å². The van der Waals surface area contributed by atoms with Gasteiger partial charge in [-0.05, 0) is 66.5 Å². The normalized spacial score (nSPS) is 12.1. The summed E-state index contributed by atoms with van der Waals surface area (Å²) < 4.78 is 4.78. The quantitative estimate of drug-likeness (QED) is 0.218. The molecule has 5 aromatic rings. The summed E-state index contributed by atoms with van der Waals surface area (Å²) in [5.74, 6) is 1.20. The van der Waals surface area contributed by atoms with Gasteiger partial charge in [0.2, 0.25) is 0 Å². The SMILES string of the molecule is Cc1ccnc2c3ccccc3n3c(-c4c(CC(C)C)cccc4CC(C)C)c[n+](C)c3c12. The summed E-state index contributed by atoms with van der Waals surface area (Å²) in [6.07, 6.45) is 6.41. The summed E-state index contributed by atoms with van der Waals surface area (Å²) in [7, 11) is 2.17. The van der Waals surface area contributed by atoms with Crippen molar-refractivity contribution in [1.29, 1.82) is 0 Å². The second-order valence-electron chi connectivity index (χ2n) is 10.3. The molecule has 0 fully saturated rings. The van der Waals surface area contributed by atoms with Crippen molar-refractivity contribution >= 4 is 27.5 Å². The highest BCUT2D eigenvalue weighted by Gasteiger charge is 2.27. The molecule has 3 heterocycles. The zero-order chi connectivity index (χ0) is 23.3. The molecule has 0 N–H and O–H groups in total. The maximum Gasteiger partial charge on any atom is 0.296 e. The Morgan fingerprint density at radius 1 is 0.879 bits per heavy atom. The number of fused-ring (bicyclic) bond motifs is 6. The second-order valence-corrected chi connectivity index (χ2v) is 10.3. The fourth-order valence-electron chi connectivity index (χ4n) is 5.40. The molecule has 3 heteroatoms. The van der Waals surface area contributed by atoms with Crippen molar-refractivity contribution in [3.05, 3.63) is 77.6 Å². The van der Waals surface area contributed by atoms with Crippen LogP contribution in [0.15, 0.2) is 60.9 Å². The first-order valence-electron chi connectivity index (χ1n) is 12.1. The first kappa shape index (κ1) is 21.6. The van der Waals surface area contributed by atoms with E-state index >= 15 is 0 Å². The Bertz CT molecular complexity index is 1460. The average Bonchev–Trinajstić information content (AvgIpc) is 3.10. The van der Waals surface area contributed by atoms with Crippen LogP contribution in [0.25, 0.3) is 38.7 Å². The van der Waals surface area contributed by atoms with E-state index in [4.69, 9.17) is 4.98 Å². The van der Waals surface area contributed by atoms with Gasteiger partial charge in [-0.3, -0.25) is 4.98 Å². The van der Waals surface area contributed by atoms with Crippen LogP contribution in [-0.2, 0) is 19.9 Å². The Morgan fingerprint density at radius 2 is 1.55 bits per heavy atom. The third-order valence-corrected chi connectivity index (χ3v) is 6.64. The van der Waals surface area contributed by atoms with Crippen LogP contribution in [0.1, 0.15) is 44.4 Å². The van der Waals surface area contributed by atoms with Crippen molar-refractivity contribution in [3.63, 3.8) is 0 Å². The van der Waals surface area contributed by atoms with Crippen molar-refractivity contribution in [2.45, 2.75) is 47.5 Å². The zero-order valence-corrected chi connectivity index (χ0v) is 20.7. The van der Waals surface area contributed by atoms with Crippen molar-refractivity contribution in [2.24, 2.45) is 18.9 Å². The number of rotatable bonds is 5. The standard InChI is InChI=1S/C30H34N3/c1-19(2)16-22-10-9-11-23(17-20(3)4)28(22)26-18-32(6)30-27-21(5)14-15-31-29(27)24-12-7-8-13-25(24)33(26)30/h7-15,18-20H,16-17H2,1-6H3/q+1. The molecule has 2 aromatic carbocycles. The first-order valence-corrected chi connectivity index (χ1v) is 12.1. The van der Waals surface area contributed by atoms with Gasteiger partial charge in [-0.1, -0.05) is 58.0 Å². The van der Waals surface area contributed by atoms with Crippen LogP contribution in [0.3, 0.4) is 0 Å². The zero-order valence-electron chi connectivity index (χ0n) is 20.7. The highest BCUT2D eigenvalue weighted by Crippen LogP contribution is 2.36. The maximum atomic E-state index is 4.83. The molecule has 3 nitrogen and oxygen atoms in total. The molecule has 0 bridgehead atoms. The van der Waals surface area contributed by atoms with Crippen LogP contribution < -0.4 is 4.57 Å². The third kappa shape index (κ3) is 3.60. The molecule has 0 radical (unpaired) electrons. The van der Waals surface area contributed by atoms with Crippen LogP contribution >= 0.6 is 0 Å². The molecule has 0 saturated heterocycles. The molecule has 33 heavy (non-hydrogen) atoms. The van der Waals surface area contributed by atoms with Crippen LogP contribution in [0.2, 0.25) is 0 Å². The van der Waals surface area contributed by atoms with E-state index in [2.05, 4.69) is 105 Å². The topological polar surface area (TPSA) is 21.2 Å². The van der Waals surface area contributed by atoms with Crippen LogP contribution in [0.4, 0.5) is 0 Å². The molecule has 0 atom stereocenters. The Morgan fingerprint density at radius 3 is 2.21 bits per heavy atom. The molecule has 3 aromatic heterocycles. The van der Waals surface area contributed by atoms with E-state index < -0.39 is 0 Å². The summed E-state index contributed by atoms with van der Waals surface area (Å²) >= 11 is 0. The predicted molar refractivity (Wildman–Crippen MR) is 139 cm³/mol. The lowest BCUT2D eigenvalue weighted by Gasteiger charge is -2.16. The number of benzene rings is 2. The summed E-state index contributed by atoms with van der Waals surface area (Å²) in [6, 6.07) is 17.7. The van der Waals surface area contributed by atoms with Crippen LogP contribution in [-0.4, -0.2) is 9.38 Å². The van der Waals surface area contributed by atoms with E-state index in [0.29, 0.717) is 11.8 Å². The molecule has 0 spiro atoms. The summed E-state index contributed by atoms with van der Waals surface area (Å²) in [5.41, 5.74) is 10.3. The number of aromatic nitrogens is 3. The van der Waals surface area contributed by atoms with Gasteiger partial charge in [0.1, 0.15) is 11.7 Å². The number of nitrogens with zero attached hydrogens (tertiary/aromatic N) is 3. The number of aryl methyl sites for hydroxylation is 2. The minimum Gasteiger partial charge on any atom is -0.255 e. The third-order valence-electron chi connectivity index (χ3n) is 6.64. The molecule has 0 aliphatic rings. The fraction of sp³-hybridized carbons (Fsp3) is 0.333. The van der Waals surface area contributed by atoms with Gasteiger partial charge in [0.25, 0.3) is 5.65 Å². The fourth-order valence-corrected chi connectivity index (χ4v) is 5.40. The Labute approximate surface area is 196 Å². The van der Waals surface area contributed by atoms with E-state index in [1.54, 1.807) is 0 Å². The monoisotopic (exact) mass is 436 g/mol. The first-order chi connectivity index (χ1) is 15.9. The van der Waals surface area contributed by atoms with Crippen molar-refractivity contribution in [1.82, 2.24) is 9.38 Å². The molecular weight excluding hydrogens is 402 g/mol. The number of imidazole rings is 1. The highest BCUT2D eigenvalue weighted by molar-refractivity contribution is 6.10. The lowest BCUT2D eigenvalue weighted by Crippen LogP contribution is -2.26. The van der Waals surface area contributed by atoms with Gasteiger partial charge in [0.05, 0.1) is 18.0 Å². The van der Waals surface area contributed by atoms with E-state index in [-0.39, 0.29) is 0 Å². The smallest absolute Gasteiger partial charge is 0.255 e. The van der Waals surface area contributed by atoms with E-state index in [9.17, 15) is 0 Å². The Hall–Kier alpha value is -3.20. The maximum absolute atomic E-state index is 4.83. The van der Waals surface area contributed by atoms with Crippen LogP contribution in [0, 0.1) is 18.8 Å². The molecule has 168 valence electrons. The number of hydrogen-bond donors (Lipinski definition) is 0. The van der Waals surface area contributed by atoms with Crippen molar-refractivity contribution < 1.29 is 4.57 Å². The average molecular weight is 437 g/mol. The highest BCUT2D eigenvalue weighted by atomic mass is 15.1. The van der Waals surface area contributed by atoms with Gasteiger partial charge in [-0.2, -0.15) is 4.40 Å². The summed E-state index contributed by atoms with van der Waals surface area (Å²) in [4.78, 5) is 4.83. The predicted octanol–water partition coefficient (Wildman–Crippen LogP) is 6.84. The van der Waals surface area contributed by atoms with Gasteiger partial charge >= 0.3 is 0 Å². The summed E-state index contributed by atoms with van der Waals surface area (Å²) in [5, 5.41) is 2.43. The number of hydrogen-bond acceptors (Lipinski definition) is 1.